The molecular formula is C29H30ClNO6. The Morgan fingerprint density at radius 3 is 2.32 bits per heavy atom. The van der Waals surface area contributed by atoms with Gasteiger partial charge in [0.15, 0.2) is 5.78 Å². The molecule has 1 heterocycles. The molecule has 7 nitrogen and oxygen atoms in total. The average Bonchev–Trinajstić information content (AvgIpc) is 2.88. The minimum absolute atomic E-state index is 0.142. The van der Waals surface area contributed by atoms with Crippen LogP contribution < -0.4 is 10.1 Å². The normalized spacial score (nSPS) is 21.2. The number of Topliss-reactive ketones (excluding diaryl/α,β-unsaturated/α-hetero) is 1. The van der Waals surface area contributed by atoms with Crippen LogP contribution in [0.25, 0.3) is 0 Å². The number of rotatable bonds is 7. The van der Waals surface area contributed by atoms with Crippen molar-refractivity contribution in [3.63, 3.8) is 0 Å². The highest BCUT2D eigenvalue weighted by molar-refractivity contribution is 6.31. The lowest BCUT2D eigenvalue weighted by atomic mass is 9.67. The van der Waals surface area contributed by atoms with Crippen LogP contribution in [-0.2, 0) is 23.9 Å². The number of halogens is 1. The zero-order chi connectivity index (χ0) is 26.7. The number of benzene rings is 2. The van der Waals surface area contributed by atoms with Crippen LogP contribution in [0.1, 0.15) is 50.2 Å². The van der Waals surface area contributed by atoms with Crippen molar-refractivity contribution in [3.05, 3.63) is 87.2 Å². The standard InChI is InChI=1S/C29H30ClNO6/c1-5-36-28(33)23-16(3)31-22-15-20(17-11-13-18(35-4)14-12-17)25(29(34)37-6-2)27(32)26(22)24(23)19-9-7-8-10-21(19)30/h7-14,20,24-25,31H,5-6,15H2,1-4H3/t20-,24-,25-/m1/s1. The van der Waals surface area contributed by atoms with E-state index in [0.29, 0.717) is 45.3 Å². The van der Waals surface area contributed by atoms with Gasteiger partial charge < -0.3 is 19.5 Å². The minimum atomic E-state index is -1.08. The molecule has 0 fully saturated rings. The molecule has 194 valence electrons. The number of carbonyl (C=O) groups excluding carboxylic acids is 3. The van der Waals surface area contributed by atoms with Gasteiger partial charge in [-0.15, -0.1) is 0 Å². The molecular weight excluding hydrogens is 494 g/mol. The summed E-state index contributed by atoms with van der Waals surface area (Å²) in [6.45, 7) is 5.53. The average molecular weight is 524 g/mol. The van der Waals surface area contributed by atoms with Crippen molar-refractivity contribution >= 4 is 29.3 Å². The predicted octanol–water partition coefficient (Wildman–Crippen LogP) is 5.06. The highest BCUT2D eigenvalue weighted by atomic mass is 35.5. The van der Waals surface area contributed by atoms with Gasteiger partial charge in [0.25, 0.3) is 0 Å². The molecule has 0 spiro atoms. The molecule has 2 aromatic carbocycles. The molecule has 2 aliphatic rings. The van der Waals surface area contributed by atoms with Gasteiger partial charge in [-0.2, -0.15) is 0 Å². The number of dihydropyridines is 1. The largest absolute Gasteiger partial charge is 0.497 e. The fourth-order valence-electron chi connectivity index (χ4n) is 5.20. The van der Waals surface area contributed by atoms with Crippen molar-refractivity contribution < 1.29 is 28.6 Å². The molecule has 0 saturated heterocycles. The Morgan fingerprint density at radius 1 is 1.03 bits per heavy atom. The van der Waals surface area contributed by atoms with Crippen LogP contribution >= 0.6 is 11.6 Å². The summed E-state index contributed by atoms with van der Waals surface area (Å²) in [5.74, 6) is -3.19. The van der Waals surface area contributed by atoms with E-state index in [0.717, 1.165) is 5.56 Å². The Bertz CT molecular complexity index is 1280. The number of carbonyl (C=O) groups is 3. The van der Waals surface area contributed by atoms with Gasteiger partial charge in [-0.3, -0.25) is 9.59 Å². The molecule has 0 saturated carbocycles. The smallest absolute Gasteiger partial charge is 0.336 e. The molecule has 1 aliphatic heterocycles. The molecule has 0 unspecified atom stereocenters. The van der Waals surface area contributed by atoms with Gasteiger partial charge in [0, 0.05) is 33.8 Å². The number of hydrogen-bond donors (Lipinski definition) is 1. The molecule has 0 aromatic heterocycles. The predicted molar refractivity (Wildman–Crippen MR) is 139 cm³/mol. The highest BCUT2D eigenvalue weighted by Gasteiger charge is 2.49. The summed E-state index contributed by atoms with van der Waals surface area (Å²) in [5.41, 5.74) is 3.28. The Morgan fingerprint density at radius 2 is 1.70 bits per heavy atom. The number of nitrogens with one attached hydrogen (secondary N) is 1. The third kappa shape index (κ3) is 5.01. The molecule has 3 atom stereocenters. The maximum absolute atomic E-state index is 14.3. The molecule has 0 radical (unpaired) electrons. The fourth-order valence-corrected chi connectivity index (χ4v) is 5.45. The van der Waals surface area contributed by atoms with Crippen molar-refractivity contribution in [1.29, 1.82) is 0 Å². The summed E-state index contributed by atoms with van der Waals surface area (Å²) in [5, 5.41) is 3.70. The van der Waals surface area contributed by atoms with Crippen LogP contribution in [0, 0.1) is 5.92 Å². The van der Waals surface area contributed by atoms with E-state index in [9.17, 15) is 14.4 Å². The first-order valence-electron chi connectivity index (χ1n) is 12.3. The van der Waals surface area contributed by atoms with Gasteiger partial charge in [-0.1, -0.05) is 41.9 Å². The van der Waals surface area contributed by atoms with Gasteiger partial charge in [0.1, 0.15) is 11.7 Å². The zero-order valence-electron chi connectivity index (χ0n) is 21.3. The second-order valence-corrected chi connectivity index (χ2v) is 9.32. The van der Waals surface area contributed by atoms with Crippen LogP contribution in [0.4, 0.5) is 0 Å². The van der Waals surface area contributed by atoms with Crippen molar-refractivity contribution in [2.45, 2.75) is 39.0 Å². The summed E-state index contributed by atoms with van der Waals surface area (Å²) < 4.78 is 16.0. The minimum Gasteiger partial charge on any atom is -0.497 e. The van der Waals surface area contributed by atoms with Crippen LogP contribution in [-0.4, -0.2) is 38.0 Å². The van der Waals surface area contributed by atoms with Crippen LogP contribution in [0.15, 0.2) is 71.1 Å². The Balaban J connectivity index is 1.90. The van der Waals surface area contributed by atoms with E-state index < -0.39 is 35.5 Å². The third-order valence-corrected chi connectivity index (χ3v) is 7.16. The van der Waals surface area contributed by atoms with E-state index in [-0.39, 0.29) is 13.2 Å². The van der Waals surface area contributed by atoms with Gasteiger partial charge in [0.05, 0.1) is 25.9 Å². The quantitative estimate of drug-likeness (QED) is 0.400. The Labute approximate surface area is 221 Å². The van der Waals surface area contributed by atoms with E-state index in [4.69, 9.17) is 25.8 Å². The topological polar surface area (TPSA) is 90.9 Å². The third-order valence-electron chi connectivity index (χ3n) is 6.82. The van der Waals surface area contributed by atoms with Crippen molar-refractivity contribution in [2.75, 3.05) is 20.3 Å². The van der Waals surface area contributed by atoms with Gasteiger partial charge in [-0.05, 0) is 56.5 Å². The molecule has 2 aromatic rings. The summed E-state index contributed by atoms with van der Waals surface area (Å²) >= 11 is 6.60. The number of hydrogen-bond acceptors (Lipinski definition) is 7. The molecule has 0 bridgehead atoms. The van der Waals surface area contributed by atoms with Crippen molar-refractivity contribution in [2.24, 2.45) is 5.92 Å². The van der Waals surface area contributed by atoms with E-state index in [1.165, 1.54) is 0 Å². The summed E-state index contributed by atoms with van der Waals surface area (Å²) in [6.07, 6.45) is 0.366. The van der Waals surface area contributed by atoms with Crippen molar-refractivity contribution in [1.82, 2.24) is 5.32 Å². The number of ketones is 1. The molecule has 8 heteroatoms. The summed E-state index contributed by atoms with van der Waals surface area (Å²) in [4.78, 5) is 40.7. The maximum Gasteiger partial charge on any atom is 0.336 e. The van der Waals surface area contributed by atoms with E-state index >= 15 is 0 Å². The second kappa shape index (κ2) is 11.2. The van der Waals surface area contributed by atoms with E-state index in [1.807, 2.05) is 12.1 Å². The lowest BCUT2D eigenvalue weighted by Gasteiger charge is -2.39. The van der Waals surface area contributed by atoms with E-state index in [1.54, 1.807) is 64.3 Å². The highest BCUT2D eigenvalue weighted by Crippen LogP contribution is 2.49. The number of ether oxygens (including phenoxy) is 3. The molecule has 0 amide bonds. The van der Waals surface area contributed by atoms with Crippen LogP contribution in [0.2, 0.25) is 5.02 Å². The lowest BCUT2D eigenvalue weighted by molar-refractivity contribution is -0.152. The fraction of sp³-hybridized carbons (Fsp3) is 0.345. The summed E-state index contributed by atoms with van der Waals surface area (Å²) in [7, 11) is 1.58. The molecule has 1 aliphatic carbocycles. The maximum atomic E-state index is 14.3. The first-order chi connectivity index (χ1) is 17.8. The second-order valence-electron chi connectivity index (χ2n) is 8.91. The van der Waals surface area contributed by atoms with E-state index in [2.05, 4.69) is 5.32 Å². The number of esters is 2. The van der Waals surface area contributed by atoms with Crippen LogP contribution in [0.5, 0.6) is 5.75 Å². The molecule has 1 N–H and O–H groups in total. The first-order valence-corrected chi connectivity index (χ1v) is 12.7. The Hall–Kier alpha value is -3.58. The Kier molecular flexibility index (Phi) is 8.03. The van der Waals surface area contributed by atoms with Gasteiger partial charge in [0.2, 0.25) is 0 Å². The van der Waals surface area contributed by atoms with Gasteiger partial charge in [-0.25, -0.2) is 4.79 Å². The van der Waals surface area contributed by atoms with Crippen molar-refractivity contribution in [3.8, 4) is 5.75 Å². The lowest BCUT2D eigenvalue weighted by Crippen LogP contribution is -2.43. The molecule has 4 rings (SSSR count). The number of allylic oxidation sites excluding steroid dienone is 3. The summed E-state index contributed by atoms with van der Waals surface area (Å²) in [6, 6.07) is 14.4. The van der Waals surface area contributed by atoms with Crippen LogP contribution in [0.3, 0.4) is 0 Å². The monoisotopic (exact) mass is 523 g/mol. The SMILES string of the molecule is CCOC(=O)C1=C(C)NC2=C(C(=O)[C@H](C(=O)OCC)[C@@H](c3ccc(OC)cc3)C2)[C@@H]1c1ccccc1Cl. The zero-order valence-corrected chi connectivity index (χ0v) is 22.1. The molecule has 37 heavy (non-hydrogen) atoms. The van der Waals surface area contributed by atoms with Gasteiger partial charge >= 0.3 is 11.9 Å². The number of methoxy groups -OCH3 is 1. The first kappa shape index (κ1) is 26.5.